The first-order valence-electron chi connectivity index (χ1n) is 9.94. The molecule has 2 aromatic carbocycles. The Hall–Kier alpha value is -2.43. The molecular formula is C23H31N3O+2. The van der Waals surface area contributed by atoms with E-state index in [-0.39, 0.29) is 5.91 Å². The number of benzene rings is 2. The van der Waals surface area contributed by atoms with Crippen molar-refractivity contribution in [1.29, 1.82) is 0 Å². The third-order valence-corrected chi connectivity index (χ3v) is 5.22. The van der Waals surface area contributed by atoms with E-state index in [0.717, 1.165) is 31.9 Å². The van der Waals surface area contributed by atoms with Gasteiger partial charge in [0.05, 0.1) is 19.5 Å². The molecule has 0 radical (unpaired) electrons. The highest BCUT2D eigenvalue weighted by atomic mass is 16.1. The van der Waals surface area contributed by atoms with Gasteiger partial charge < -0.3 is 15.1 Å². The van der Waals surface area contributed by atoms with Gasteiger partial charge in [-0.25, -0.2) is 0 Å². The first kappa shape index (κ1) is 19.3. The van der Waals surface area contributed by atoms with Crippen molar-refractivity contribution in [3.05, 3.63) is 71.8 Å². The number of anilines is 1. The lowest BCUT2D eigenvalue weighted by atomic mass is 10.2. The summed E-state index contributed by atoms with van der Waals surface area (Å²) in [5.41, 5.74) is 3.36. The molecule has 3 N–H and O–H groups in total. The fourth-order valence-corrected chi connectivity index (χ4v) is 3.49. The Bertz CT molecular complexity index is 732. The fraction of sp³-hybridized carbons (Fsp3) is 0.348. The van der Waals surface area contributed by atoms with Gasteiger partial charge in [0.15, 0.2) is 0 Å². The molecule has 27 heavy (non-hydrogen) atoms. The molecule has 4 nitrogen and oxygen atoms in total. The zero-order valence-electron chi connectivity index (χ0n) is 16.2. The molecule has 0 spiro atoms. The summed E-state index contributed by atoms with van der Waals surface area (Å²) in [7, 11) is 0. The van der Waals surface area contributed by atoms with E-state index in [1.54, 1.807) is 9.80 Å². The third-order valence-electron chi connectivity index (χ3n) is 5.22. The van der Waals surface area contributed by atoms with E-state index < -0.39 is 0 Å². The highest BCUT2D eigenvalue weighted by molar-refractivity contribution is 5.90. The van der Waals surface area contributed by atoms with Crippen LogP contribution in [-0.4, -0.2) is 45.2 Å². The summed E-state index contributed by atoms with van der Waals surface area (Å²) in [6.45, 7) is 8.69. The highest BCUT2D eigenvalue weighted by Gasteiger charge is 2.22. The second kappa shape index (κ2) is 10.0. The summed E-state index contributed by atoms with van der Waals surface area (Å²) in [4.78, 5) is 15.3. The molecule has 142 valence electrons. The predicted octanol–water partition coefficient (Wildman–Crippen LogP) is 0.820. The molecule has 0 atom stereocenters. The monoisotopic (exact) mass is 365 g/mol. The molecule has 1 aliphatic rings. The Morgan fingerprint density at radius 3 is 2.33 bits per heavy atom. The zero-order valence-corrected chi connectivity index (χ0v) is 16.2. The Labute approximate surface area is 162 Å². The zero-order chi connectivity index (χ0) is 18.9. The average molecular weight is 366 g/mol. The van der Waals surface area contributed by atoms with E-state index in [9.17, 15) is 4.79 Å². The smallest absolute Gasteiger partial charge is 0.230 e. The van der Waals surface area contributed by atoms with Gasteiger partial charge in [-0.3, -0.25) is 4.79 Å². The van der Waals surface area contributed by atoms with Crippen LogP contribution >= 0.6 is 0 Å². The Balaban J connectivity index is 1.32. The van der Waals surface area contributed by atoms with Crippen LogP contribution in [0, 0.1) is 6.92 Å². The Kier molecular flexibility index (Phi) is 7.19. The number of rotatable bonds is 7. The number of piperazine rings is 1. The maximum Gasteiger partial charge on any atom is 0.230 e. The quantitative estimate of drug-likeness (QED) is 0.668. The Morgan fingerprint density at radius 1 is 0.963 bits per heavy atom. The molecule has 1 saturated heterocycles. The van der Waals surface area contributed by atoms with Crippen LogP contribution in [0.25, 0.3) is 6.08 Å². The van der Waals surface area contributed by atoms with Crippen molar-refractivity contribution < 1.29 is 14.6 Å². The van der Waals surface area contributed by atoms with Crippen LogP contribution in [0.4, 0.5) is 5.69 Å². The molecule has 0 unspecified atom stereocenters. The van der Waals surface area contributed by atoms with Crippen molar-refractivity contribution in [3.63, 3.8) is 0 Å². The first-order chi connectivity index (χ1) is 13.2. The lowest BCUT2D eigenvalue weighted by Gasteiger charge is -2.29. The van der Waals surface area contributed by atoms with E-state index in [0.29, 0.717) is 6.42 Å². The topological polar surface area (TPSA) is 38.0 Å². The number of carbonyl (C=O) groups is 1. The summed E-state index contributed by atoms with van der Waals surface area (Å²) >= 11 is 0. The van der Waals surface area contributed by atoms with Crippen LogP contribution in [0.5, 0.6) is 0 Å². The van der Waals surface area contributed by atoms with Gasteiger partial charge in [-0.05, 0) is 30.7 Å². The summed E-state index contributed by atoms with van der Waals surface area (Å²) < 4.78 is 0. The number of nitrogens with one attached hydrogen (secondary N) is 3. The van der Waals surface area contributed by atoms with Crippen LogP contribution in [0.2, 0.25) is 0 Å². The molecule has 1 aliphatic heterocycles. The van der Waals surface area contributed by atoms with Gasteiger partial charge >= 0.3 is 0 Å². The van der Waals surface area contributed by atoms with Crippen molar-refractivity contribution >= 4 is 17.7 Å². The van der Waals surface area contributed by atoms with Gasteiger partial charge in [-0.1, -0.05) is 54.1 Å². The minimum absolute atomic E-state index is 0.118. The van der Waals surface area contributed by atoms with Gasteiger partial charge in [-0.15, -0.1) is 0 Å². The highest BCUT2D eigenvalue weighted by Crippen LogP contribution is 2.08. The predicted molar refractivity (Wildman–Crippen MR) is 111 cm³/mol. The molecule has 0 aliphatic carbocycles. The molecule has 0 aromatic heterocycles. The van der Waals surface area contributed by atoms with Crippen LogP contribution in [0.1, 0.15) is 17.5 Å². The molecular weight excluding hydrogens is 334 g/mol. The lowest BCUT2D eigenvalue weighted by Crippen LogP contribution is -3.28. The summed E-state index contributed by atoms with van der Waals surface area (Å²) in [5.74, 6) is 0.118. The largest absolute Gasteiger partial charge is 0.326 e. The first-order valence-corrected chi connectivity index (χ1v) is 9.94. The normalized spacial score (nSPS) is 19.9. The van der Waals surface area contributed by atoms with Crippen LogP contribution < -0.4 is 15.1 Å². The van der Waals surface area contributed by atoms with Gasteiger partial charge in [0, 0.05) is 5.69 Å². The lowest BCUT2D eigenvalue weighted by molar-refractivity contribution is -1.01. The van der Waals surface area contributed by atoms with E-state index in [1.807, 2.05) is 37.3 Å². The SMILES string of the molecule is Cc1ccc(NC(=O)CC[NH+]2CC[NH+](CC=Cc3ccccc3)CC2)cc1. The van der Waals surface area contributed by atoms with Crippen molar-refractivity contribution in [1.82, 2.24) is 0 Å². The standard InChI is InChI=1S/C23H29N3O/c1-20-9-11-22(12-10-20)24-23(27)13-15-26-18-16-25(17-19-26)14-5-8-21-6-3-2-4-7-21/h2-12H,13-19H2,1H3,(H,24,27)/p+2. The van der Waals surface area contributed by atoms with Crippen molar-refractivity contribution in [2.75, 3.05) is 44.6 Å². The summed E-state index contributed by atoms with van der Waals surface area (Å²) in [5, 5.41) is 2.99. The molecule has 2 aromatic rings. The van der Waals surface area contributed by atoms with Gasteiger partial charge in [-0.2, -0.15) is 0 Å². The molecule has 1 amide bonds. The van der Waals surface area contributed by atoms with Crippen molar-refractivity contribution in [2.24, 2.45) is 0 Å². The van der Waals surface area contributed by atoms with E-state index in [2.05, 4.69) is 41.7 Å². The van der Waals surface area contributed by atoms with Gasteiger partial charge in [0.1, 0.15) is 26.2 Å². The fourth-order valence-electron chi connectivity index (χ4n) is 3.49. The van der Waals surface area contributed by atoms with E-state index in [1.165, 1.54) is 24.2 Å². The maximum absolute atomic E-state index is 12.1. The Morgan fingerprint density at radius 2 is 1.63 bits per heavy atom. The minimum Gasteiger partial charge on any atom is -0.326 e. The second-order valence-electron chi connectivity index (χ2n) is 7.43. The molecule has 0 saturated carbocycles. The number of aryl methyl sites for hydroxylation is 1. The van der Waals surface area contributed by atoms with Gasteiger partial charge in [0.2, 0.25) is 5.91 Å². The third kappa shape index (κ3) is 6.66. The molecule has 0 bridgehead atoms. The minimum atomic E-state index is 0.118. The summed E-state index contributed by atoms with van der Waals surface area (Å²) in [6.07, 6.45) is 5.08. The molecule has 4 heteroatoms. The van der Waals surface area contributed by atoms with Crippen LogP contribution in [0.15, 0.2) is 60.7 Å². The molecule has 1 heterocycles. The van der Waals surface area contributed by atoms with Crippen LogP contribution in [-0.2, 0) is 4.79 Å². The van der Waals surface area contributed by atoms with Gasteiger partial charge in [0.25, 0.3) is 0 Å². The number of quaternary nitrogens is 2. The molecule has 1 fully saturated rings. The molecule has 3 rings (SSSR count). The average Bonchev–Trinajstić information content (AvgIpc) is 2.70. The van der Waals surface area contributed by atoms with Crippen molar-refractivity contribution in [3.8, 4) is 0 Å². The number of carbonyl (C=O) groups excluding carboxylic acids is 1. The van der Waals surface area contributed by atoms with E-state index >= 15 is 0 Å². The van der Waals surface area contributed by atoms with Crippen molar-refractivity contribution in [2.45, 2.75) is 13.3 Å². The maximum atomic E-state index is 12.1. The number of amides is 1. The number of hydrogen-bond donors (Lipinski definition) is 3. The van der Waals surface area contributed by atoms with E-state index in [4.69, 9.17) is 0 Å². The number of hydrogen-bond acceptors (Lipinski definition) is 1. The van der Waals surface area contributed by atoms with Crippen LogP contribution in [0.3, 0.4) is 0 Å². The summed E-state index contributed by atoms with van der Waals surface area (Å²) in [6, 6.07) is 18.4. The second-order valence-corrected chi connectivity index (χ2v) is 7.43.